The largest absolute Gasteiger partial charge is 0.492 e. The summed E-state index contributed by atoms with van der Waals surface area (Å²) in [4.78, 5) is 13.2. The quantitative estimate of drug-likeness (QED) is 0.722. The summed E-state index contributed by atoms with van der Waals surface area (Å²) in [6.07, 6.45) is 0.512. The monoisotopic (exact) mass is 265 g/mol. The van der Waals surface area contributed by atoms with Gasteiger partial charge in [-0.15, -0.1) is 0 Å². The highest BCUT2D eigenvalue weighted by atomic mass is 16.5. The van der Waals surface area contributed by atoms with Gasteiger partial charge in [0.05, 0.1) is 0 Å². The molecule has 1 amide bonds. The number of ether oxygens (including phenoxy) is 1. The Labute approximate surface area is 114 Å². The van der Waals surface area contributed by atoms with Gasteiger partial charge in [0.15, 0.2) is 0 Å². The van der Waals surface area contributed by atoms with Crippen molar-refractivity contribution in [1.29, 1.82) is 0 Å². The van der Waals surface area contributed by atoms with Crippen molar-refractivity contribution in [3.8, 4) is 5.75 Å². The van der Waals surface area contributed by atoms with Crippen LogP contribution in [-0.2, 0) is 11.3 Å². The summed E-state index contributed by atoms with van der Waals surface area (Å²) in [5, 5.41) is 2.61. The lowest BCUT2D eigenvalue weighted by atomic mass is 10.2. The van der Waals surface area contributed by atoms with E-state index in [1.54, 1.807) is 7.05 Å². The summed E-state index contributed by atoms with van der Waals surface area (Å²) in [5.74, 6) is 0.905. The minimum Gasteiger partial charge on any atom is -0.492 e. The van der Waals surface area contributed by atoms with Gasteiger partial charge in [0.25, 0.3) is 0 Å². The molecule has 0 aliphatic heterocycles. The molecule has 1 aromatic carbocycles. The number of carbonyl (C=O) groups is 1. The zero-order chi connectivity index (χ0) is 14.1. The molecule has 0 spiro atoms. The van der Waals surface area contributed by atoms with Crippen LogP contribution >= 0.6 is 0 Å². The van der Waals surface area contributed by atoms with Crippen LogP contribution in [0.25, 0.3) is 0 Å². The van der Waals surface area contributed by atoms with Crippen molar-refractivity contribution in [3.63, 3.8) is 0 Å². The molecule has 0 fully saturated rings. The van der Waals surface area contributed by atoms with E-state index >= 15 is 0 Å². The van der Waals surface area contributed by atoms with E-state index in [-0.39, 0.29) is 5.91 Å². The number of likely N-dealkylation sites (N-methyl/N-ethyl adjacent to an activating group) is 1. The van der Waals surface area contributed by atoms with Crippen molar-refractivity contribution in [2.75, 3.05) is 33.8 Å². The lowest BCUT2D eigenvalue weighted by Gasteiger charge is -2.16. The first-order valence-electron chi connectivity index (χ1n) is 6.46. The van der Waals surface area contributed by atoms with Gasteiger partial charge in [0.1, 0.15) is 12.4 Å². The number of amides is 1. The van der Waals surface area contributed by atoms with Crippen LogP contribution in [-0.4, -0.2) is 44.6 Å². The minimum atomic E-state index is 0.0603. The predicted molar refractivity (Wildman–Crippen MR) is 76.0 cm³/mol. The van der Waals surface area contributed by atoms with Gasteiger partial charge in [-0.05, 0) is 24.7 Å². The van der Waals surface area contributed by atoms with Crippen LogP contribution in [0.1, 0.15) is 12.0 Å². The molecule has 19 heavy (non-hydrogen) atoms. The number of nitrogens with zero attached hydrogens (tertiary/aromatic N) is 1. The first-order valence-corrected chi connectivity index (χ1v) is 6.46. The van der Waals surface area contributed by atoms with Gasteiger partial charge in [-0.25, -0.2) is 0 Å². The van der Waals surface area contributed by atoms with Crippen LogP contribution in [0.2, 0.25) is 0 Å². The molecule has 0 atom stereocenters. The Hall–Kier alpha value is -1.59. The second-order valence-corrected chi connectivity index (χ2v) is 4.42. The van der Waals surface area contributed by atoms with Gasteiger partial charge >= 0.3 is 0 Å². The average molecular weight is 265 g/mol. The molecule has 0 unspecified atom stereocenters. The van der Waals surface area contributed by atoms with E-state index in [1.165, 1.54) is 0 Å². The molecule has 3 N–H and O–H groups in total. The van der Waals surface area contributed by atoms with Gasteiger partial charge in [-0.1, -0.05) is 12.1 Å². The molecule has 106 valence electrons. The second-order valence-electron chi connectivity index (χ2n) is 4.42. The minimum absolute atomic E-state index is 0.0603. The highest BCUT2D eigenvalue weighted by Gasteiger charge is 2.03. The molecule has 5 heteroatoms. The number of rotatable bonds is 8. The van der Waals surface area contributed by atoms with Crippen LogP contribution in [0, 0.1) is 0 Å². The lowest BCUT2D eigenvalue weighted by Crippen LogP contribution is -2.29. The maximum atomic E-state index is 11.1. The van der Waals surface area contributed by atoms with Crippen molar-refractivity contribution < 1.29 is 9.53 Å². The molecule has 0 aromatic heterocycles. The van der Waals surface area contributed by atoms with E-state index in [0.717, 1.165) is 24.4 Å². The predicted octanol–water partition coefficient (Wildman–Crippen LogP) is 0.592. The van der Waals surface area contributed by atoms with Gasteiger partial charge < -0.3 is 20.7 Å². The molecule has 5 nitrogen and oxygen atoms in total. The first kappa shape index (κ1) is 15.5. The van der Waals surface area contributed by atoms with Crippen molar-refractivity contribution in [1.82, 2.24) is 10.2 Å². The molecule has 0 saturated carbocycles. The van der Waals surface area contributed by atoms with Gasteiger partial charge in [-0.2, -0.15) is 0 Å². The lowest BCUT2D eigenvalue weighted by molar-refractivity contribution is -0.120. The number of benzene rings is 1. The Morgan fingerprint density at radius 1 is 1.32 bits per heavy atom. The Bertz CT molecular complexity index is 379. The van der Waals surface area contributed by atoms with Crippen LogP contribution in [0.4, 0.5) is 0 Å². The topological polar surface area (TPSA) is 67.6 Å². The Balaban J connectivity index is 2.20. The second kappa shape index (κ2) is 8.50. The summed E-state index contributed by atoms with van der Waals surface area (Å²) in [5.41, 5.74) is 6.62. The summed E-state index contributed by atoms with van der Waals surface area (Å²) in [6.45, 7) is 2.67. The third-order valence-electron chi connectivity index (χ3n) is 2.90. The van der Waals surface area contributed by atoms with Crippen molar-refractivity contribution in [2.45, 2.75) is 13.0 Å². The van der Waals surface area contributed by atoms with E-state index in [2.05, 4.69) is 10.2 Å². The Morgan fingerprint density at radius 2 is 2.00 bits per heavy atom. The molecule has 0 aliphatic carbocycles. The van der Waals surface area contributed by atoms with Crippen molar-refractivity contribution in [2.24, 2.45) is 5.73 Å². The molecule has 0 radical (unpaired) electrons. The number of hydrogen-bond donors (Lipinski definition) is 2. The molecule has 0 bridgehead atoms. The van der Waals surface area contributed by atoms with Crippen molar-refractivity contribution in [3.05, 3.63) is 29.8 Å². The number of nitrogens with two attached hydrogens (primary N) is 1. The molecular formula is C14H23N3O2. The number of carbonyl (C=O) groups excluding carboxylic acids is 1. The zero-order valence-electron chi connectivity index (χ0n) is 11.7. The molecule has 0 saturated heterocycles. The molecule has 1 rings (SSSR count). The molecule has 1 aromatic rings. The van der Waals surface area contributed by atoms with Gasteiger partial charge in [0, 0.05) is 33.1 Å². The van der Waals surface area contributed by atoms with Crippen molar-refractivity contribution >= 4 is 5.91 Å². The fraction of sp³-hybridized carbons (Fsp3) is 0.500. The van der Waals surface area contributed by atoms with Crippen LogP contribution in [0.3, 0.4) is 0 Å². The maximum Gasteiger partial charge on any atom is 0.221 e. The number of nitrogens with one attached hydrogen (secondary N) is 1. The fourth-order valence-electron chi connectivity index (χ4n) is 1.57. The molecular weight excluding hydrogens is 242 g/mol. The Kier molecular flexibility index (Phi) is 6.92. The standard InChI is InChI=1S/C14H23N3O2/c1-16-14(18)7-8-17(2)9-10-19-13-5-3-12(11-15)4-6-13/h3-6H,7-11,15H2,1-2H3,(H,16,18). The summed E-state index contributed by atoms with van der Waals surface area (Å²) in [6, 6.07) is 7.77. The van der Waals surface area contributed by atoms with Crippen LogP contribution < -0.4 is 15.8 Å². The molecule has 0 aliphatic rings. The normalized spacial score (nSPS) is 10.5. The van der Waals surface area contributed by atoms with E-state index in [1.807, 2.05) is 31.3 Å². The zero-order valence-corrected chi connectivity index (χ0v) is 11.7. The maximum absolute atomic E-state index is 11.1. The highest BCUT2D eigenvalue weighted by Crippen LogP contribution is 2.11. The highest BCUT2D eigenvalue weighted by molar-refractivity contribution is 5.75. The van der Waals surface area contributed by atoms with E-state index < -0.39 is 0 Å². The third-order valence-corrected chi connectivity index (χ3v) is 2.90. The number of hydrogen-bond acceptors (Lipinski definition) is 4. The van der Waals surface area contributed by atoms with Crippen LogP contribution in [0.5, 0.6) is 5.75 Å². The Morgan fingerprint density at radius 3 is 2.58 bits per heavy atom. The average Bonchev–Trinajstić information content (AvgIpc) is 2.45. The van der Waals surface area contributed by atoms with Gasteiger partial charge in [0.2, 0.25) is 5.91 Å². The van der Waals surface area contributed by atoms with E-state index in [9.17, 15) is 4.79 Å². The van der Waals surface area contributed by atoms with E-state index in [4.69, 9.17) is 10.5 Å². The van der Waals surface area contributed by atoms with Crippen LogP contribution in [0.15, 0.2) is 24.3 Å². The van der Waals surface area contributed by atoms with E-state index in [0.29, 0.717) is 19.6 Å². The molecule has 0 heterocycles. The summed E-state index contributed by atoms with van der Waals surface area (Å²) >= 11 is 0. The SMILES string of the molecule is CNC(=O)CCN(C)CCOc1ccc(CN)cc1. The summed E-state index contributed by atoms with van der Waals surface area (Å²) < 4.78 is 5.63. The smallest absolute Gasteiger partial charge is 0.221 e. The summed E-state index contributed by atoms with van der Waals surface area (Å²) in [7, 11) is 3.63. The first-order chi connectivity index (χ1) is 9.15. The van der Waals surface area contributed by atoms with Gasteiger partial charge in [-0.3, -0.25) is 4.79 Å². The fourth-order valence-corrected chi connectivity index (χ4v) is 1.57. The third kappa shape index (κ3) is 6.22.